The summed E-state index contributed by atoms with van der Waals surface area (Å²) in [5.41, 5.74) is 2.90. The fraction of sp³-hybridized carbons (Fsp3) is 0.500. The van der Waals surface area contributed by atoms with Crippen LogP contribution in [0.25, 0.3) is 0 Å². The Hall–Kier alpha value is -2.82. The Balaban J connectivity index is 1.57. The number of hydrogen-bond acceptors (Lipinski definition) is 4. The fourth-order valence-electron chi connectivity index (χ4n) is 4.43. The number of carbonyl (C=O) groups excluding carboxylic acids is 2. The molecule has 3 rings (SSSR count). The van der Waals surface area contributed by atoms with Gasteiger partial charge in [-0.1, -0.05) is 75.8 Å². The van der Waals surface area contributed by atoms with Crippen molar-refractivity contribution < 1.29 is 19.1 Å². The summed E-state index contributed by atoms with van der Waals surface area (Å²) >= 11 is 0. The number of aryl methyl sites for hydroxylation is 1. The van der Waals surface area contributed by atoms with Gasteiger partial charge in [0.2, 0.25) is 0 Å². The lowest BCUT2D eigenvalue weighted by Crippen LogP contribution is -2.43. The van der Waals surface area contributed by atoms with E-state index in [1.54, 1.807) is 18.2 Å². The molecule has 0 spiro atoms. The number of amides is 1. The van der Waals surface area contributed by atoms with Gasteiger partial charge in [0.15, 0.2) is 0 Å². The van der Waals surface area contributed by atoms with E-state index in [1.807, 2.05) is 6.07 Å². The van der Waals surface area contributed by atoms with Gasteiger partial charge in [0, 0.05) is 5.56 Å². The standard InChI is InChI=1S/C28H37NO4/c1-3-4-9-21-14-16-23(17-15-21)20-33-25-13-8-12-24(19-25)27(30)29-26(28(31)32-2)18-22-10-6-5-7-11-22/h8,12-17,19,22,26H,3-7,9-11,18,20H2,1-2H3,(H,29,30)/t26-/m0/s1. The molecule has 0 heterocycles. The number of methoxy groups -OCH3 is 1. The van der Waals surface area contributed by atoms with Gasteiger partial charge in [0.1, 0.15) is 18.4 Å². The van der Waals surface area contributed by atoms with Crippen molar-refractivity contribution in [3.05, 3.63) is 65.2 Å². The molecule has 1 N–H and O–H groups in total. The zero-order chi connectivity index (χ0) is 23.5. The minimum Gasteiger partial charge on any atom is -0.489 e. The summed E-state index contributed by atoms with van der Waals surface area (Å²) in [7, 11) is 1.37. The molecule has 0 aliphatic heterocycles. The average molecular weight is 452 g/mol. The molecule has 1 saturated carbocycles. The summed E-state index contributed by atoms with van der Waals surface area (Å²) in [5, 5.41) is 2.89. The second-order valence-electron chi connectivity index (χ2n) is 9.03. The summed E-state index contributed by atoms with van der Waals surface area (Å²) in [6.45, 7) is 2.63. The van der Waals surface area contributed by atoms with Crippen LogP contribution in [0.3, 0.4) is 0 Å². The van der Waals surface area contributed by atoms with E-state index in [4.69, 9.17) is 9.47 Å². The Morgan fingerprint density at radius 2 is 1.76 bits per heavy atom. The van der Waals surface area contributed by atoms with Crippen molar-refractivity contribution >= 4 is 11.9 Å². The number of nitrogens with one attached hydrogen (secondary N) is 1. The van der Waals surface area contributed by atoms with Crippen LogP contribution in [-0.4, -0.2) is 25.0 Å². The number of hydrogen-bond donors (Lipinski definition) is 1. The molecule has 0 unspecified atom stereocenters. The number of carbonyl (C=O) groups is 2. The Labute approximate surface area is 197 Å². The number of ether oxygens (including phenoxy) is 2. The molecule has 1 fully saturated rings. The molecule has 1 amide bonds. The maximum absolute atomic E-state index is 12.9. The van der Waals surface area contributed by atoms with Crippen molar-refractivity contribution in [1.29, 1.82) is 0 Å². The molecule has 2 aromatic rings. The first kappa shape index (κ1) is 24.8. The first-order valence-corrected chi connectivity index (χ1v) is 12.3. The normalized spacial score (nSPS) is 15.0. The van der Waals surface area contributed by atoms with Gasteiger partial charge in [-0.3, -0.25) is 4.79 Å². The van der Waals surface area contributed by atoms with Crippen molar-refractivity contribution in [3.8, 4) is 5.75 Å². The van der Waals surface area contributed by atoms with E-state index in [0.29, 0.717) is 30.3 Å². The molecule has 0 radical (unpaired) electrons. The van der Waals surface area contributed by atoms with Gasteiger partial charge in [-0.2, -0.15) is 0 Å². The second kappa shape index (κ2) is 13.0. The van der Waals surface area contributed by atoms with E-state index in [0.717, 1.165) is 24.8 Å². The number of rotatable bonds is 11. The monoisotopic (exact) mass is 451 g/mol. The van der Waals surface area contributed by atoms with Gasteiger partial charge >= 0.3 is 5.97 Å². The first-order valence-electron chi connectivity index (χ1n) is 12.3. The molecule has 0 bridgehead atoms. The predicted octanol–water partition coefficient (Wildman–Crippen LogP) is 5.85. The zero-order valence-electron chi connectivity index (χ0n) is 20.0. The Morgan fingerprint density at radius 1 is 1.03 bits per heavy atom. The lowest BCUT2D eigenvalue weighted by molar-refractivity contribution is -0.143. The van der Waals surface area contributed by atoms with Crippen LogP contribution in [0.15, 0.2) is 48.5 Å². The van der Waals surface area contributed by atoms with Crippen LogP contribution in [-0.2, 0) is 22.6 Å². The second-order valence-corrected chi connectivity index (χ2v) is 9.03. The molecule has 1 aliphatic carbocycles. The topological polar surface area (TPSA) is 64.6 Å². The molecule has 1 aliphatic rings. The van der Waals surface area contributed by atoms with E-state index < -0.39 is 6.04 Å². The van der Waals surface area contributed by atoms with E-state index in [-0.39, 0.29) is 11.9 Å². The van der Waals surface area contributed by atoms with Crippen LogP contribution in [0.4, 0.5) is 0 Å². The van der Waals surface area contributed by atoms with Crippen molar-refractivity contribution in [2.75, 3.05) is 7.11 Å². The average Bonchev–Trinajstić information content (AvgIpc) is 2.86. The minimum atomic E-state index is -0.624. The quantitative estimate of drug-likeness (QED) is 0.435. The third kappa shape index (κ3) is 7.92. The summed E-state index contributed by atoms with van der Waals surface area (Å²) in [6, 6.07) is 15.0. The van der Waals surface area contributed by atoms with Gasteiger partial charge in [-0.05, 0) is 54.5 Å². The van der Waals surface area contributed by atoms with E-state index in [1.165, 1.54) is 44.8 Å². The number of esters is 1. The third-order valence-electron chi connectivity index (χ3n) is 6.43. The molecular formula is C28H37NO4. The van der Waals surface area contributed by atoms with Crippen LogP contribution in [0.2, 0.25) is 0 Å². The Bertz CT molecular complexity index is 887. The molecule has 0 saturated heterocycles. The molecule has 1 atom stereocenters. The van der Waals surface area contributed by atoms with E-state index >= 15 is 0 Å². The maximum Gasteiger partial charge on any atom is 0.328 e. The van der Waals surface area contributed by atoms with Gasteiger partial charge in [0.25, 0.3) is 5.91 Å². The number of benzene rings is 2. The van der Waals surface area contributed by atoms with Gasteiger partial charge in [-0.25, -0.2) is 4.79 Å². The lowest BCUT2D eigenvalue weighted by Gasteiger charge is -2.25. The third-order valence-corrected chi connectivity index (χ3v) is 6.43. The highest BCUT2D eigenvalue weighted by Crippen LogP contribution is 2.27. The molecule has 5 nitrogen and oxygen atoms in total. The van der Waals surface area contributed by atoms with Crippen LogP contribution < -0.4 is 10.1 Å². The predicted molar refractivity (Wildman–Crippen MR) is 130 cm³/mol. The van der Waals surface area contributed by atoms with Gasteiger partial charge < -0.3 is 14.8 Å². The highest BCUT2D eigenvalue weighted by atomic mass is 16.5. The lowest BCUT2D eigenvalue weighted by atomic mass is 9.85. The van der Waals surface area contributed by atoms with E-state index in [9.17, 15) is 9.59 Å². The molecule has 5 heteroatoms. The molecule has 0 aromatic heterocycles. The highest BCUT2D eigenvalue weighted by Gasteiger charge is 2.27. The van der Waals surface area contributed by atoms with Crippen LogP contribution in [0, 0.1) is 5.92 Å². The number of unbranched alkanes of at least 4 members (excludes halogenated alkanes) is 1. The van der Waals surface area contributed by atoms with E-state index in [2.05, 4.69) is 36.5 Å². The van der Waals surface area contributed by atoms with Crippen molar-refractivity contribution in [3.63, 3.8) is 0 Å². The SMILES string of the molecule is CCCCc1ccc(COc2cccc(C(=O)N[C@@H](CC3CCCCC3)C(=O)OC)c2)cc1. The van der Waals surface area contributed by atoms with Gasteiger partial charge in [0.05, 0.1) is 7.11 Å². The zero-order valence-corrected chi connectivity index (χ0v) is 20.0. The summed E-state index contributed by atoms with van der Waals surface area (Å²) in [6.07, 6.45) is 9.95. The van der Waals surface area contributed by atoms with Crippen molar-refractivity contribution in [1.82, 2.24) is 5.32 Å². The Morgan fingerprint density at radius 3 is 2.45 bits per heavy atom. The summed E-state index contributed by atoms with van der Waals surface area (Å²) < 4.78 is 10.9. The van der Waals surface area contributed by atoms with Crippen LogP contribution >= 0.6 is 0 Å². The smallest absolute Gasteiger partial charge is 0.328 e. The maximum atomic E-state index is 12.9. The molecule has 33 heavy (non-hydrogen) atoms. The Kier molecular flexibility index (Phi) is 9.79. The first-order chi connectivity index (χ1) is 16.1. The van der Waals surface area contributed by atoms with Crippen molar-refractivity contribution in [2.24, 2.45) is 5.92 Å². The fourth-order valence-corrected chi connectivity index (χ4v) is 4.43. The largest absolute Gasteiger partial charge is 0.489 e. The molecular weight excluding hydrogens is 414 g/mol. The minimum absolute atomic E-state index is 0.285. The van der Waals surface area contributed by atoms with Crippen LogP contribution in [0.1, 0.15) is 79.8 Å². The van der Waals surface area contributed by atoms with Crippen LogP contribution in [0.5, 0.6) is 5.75 Å². The molecule has 2 aromatic carbocycles. The highest BCUT2D eigenvalue weighted by molar-refractivity contribution is 5.97. The van der Waals surface area contributed by atoms with Gasteiger partial charge in [-0.15, -0.1) is 0 Å². The van der Waals surface area contributed by atoms with Crippen molar-refractivity contribution in [2.45, 2.75) is 77.4 Å². The summed E-state index contributed by atoms with van der Waals surface area (Å²) in [5.74, 6) is 0.404. The summed E-state index contributed by atoms with van der Waals surface area (Å²) in [4.78, 5) is 25.2. The molecule has 178 valence electrons.